The normalized spacial score (nSPS) is 24.9. The number of nitrogens with zero attached hydrogens (tertiary/aromatic N) is 3. The highest BCUT2D eigenvalue weighted by Crippen LogP contribution is 2.34. The third-order valence-corrected chi connectivity index (χ3v) is 7.03. The zero-order valence-corrected chi connectivity index (χ0v) is 18.4. The number of benzene rings is 1. The minimum Gasteiger partial charge on any atom is -0.382 e. The van der Waals surface area contributed by atoms with Crippen molar-refractivity contribution in [2.45, 2.75) is 63.7 Å². The molecule has 1 unspecified atom stereocenters. The highest BCUT2D eigenvalue weighted by atomic mass is 16.2. The van der Waals surface area contributed by atoms with E-state index in [4.69, 9.17) is 6.42 Å². The van der Waals surface area contributed by atoms with Crippen LogP contribution in [0.4, 0.5) is 5.69 Å². The molecule has 8 nitrogen and oxygen atoms in total. The van der Waals surface area contributed by atoms with Crippen molar-refractivity contribution in [1.29, 1.82) is 0 Å². The number of rotatable bonds is 5. The lowest BCUT2D eigenvalue weighted by Gasteiger charge is -2.31. The number of aromatic nitrogens is 2. The average molecular weight is 446 g/mol. The van der Waals surface area contributed by atoms with Crippen molar-refractivity contribution in [3.63, 3.8) is 0 Å². The maximum absolute atomic E-state index is 13.0. The largest absolute Gasteiger partial charge is 0.382 e. The second-order valence-corrected chi connectivity index (χ2v) is 9.19. The van der Waals surface area contributed by atoms with Crippen LogP contribution in [0.1, 0.15) is 60.0 Å². The molecule has 0 bridgehead atoms. The number of imide groups is 1. The molecule has 0 spiro atoms. The van der Waals surface area contributed by atoms with E-state index in [2.05, 4.69) is 21.7 Å². The molecule has 0 radical (unpaired) electrons. The predicted octanol–water partition coefficient (Wildman–Crippen LogP) is 2.30. The van der Waals surface area contributed by atoms with Crippen LogP contribution in [-0.4, -0.2) is 44.5 Å². The molecule has 5 rings (SSSR count). The summed E-state index contributed by atoms with van der Waals surface area (Å²) in [6, 6.07) is 5.46. The predicted molar refractivity (Wildman–Crippen MR) is 122 cm³/mol. The Morgan fingerprint density at radius 2 is 1.97 bits per heavy atom. The number of fused-ring (bicyclic) bond motifs is 1. The van der Waals surface area contributed by atoms with Gasteiger partial charge in [-0.2, -0.15) is 5.10 Å². The van der Waals surface area contributed by atoms with Gasteiger partial charge >= 0.3 is 0 Å². The summed E-state index contributed by atoms with van der Waals surface area (Å²) in [5, 5.41) is 10.4. The lowest BCUT2D eigenvalue weighted by atomic mass is 9.85. The molecule has 1 aromatic heterocycles. The van der Waals surface area contributed by atoms with Gasteiger partial charge in [-0.1, -0.05) is 12.0 Å². The number of nitrogens with one attached hydrogen (secondary N) is 2. The van der Waals surface area contributed by atoms with Crippen molar-refractivity contribution < 1.29 is 14.4 Å². The van der Waals surface area contributed by atoms with Crippen molar-refractivity contribution in [3.05, 3.63) is 47.3 Å². The van der Waals surface area contributed by atoms with Gasteiger partial charge in [0.05, 0.1) is 11.8 Å². The summed E-state index contributed by atoms with van der Waals surface area (Å²) < 4.78 is 1.94. The molecule has 3 amide bonds. The van der Waals surface area contributed by atoms with Gasteiger partial charge in [0.1, 0.15) is 6.04 Å². The van der Waals surface area contributed by atoms with Crippen molar-refractivity contribution in [3.8, 4) is 12.3 Å². The molecule has 170 valence electrons. The molecular formula is C25H27N5O3. The lowest BCUT2D eigenvalue weighted by Crippen LogP contribution is -2.52. The number of piperidine rings is 1. The zero-order chi connectivity index (χ0) is 22.9. The summed E-state index contributed by atoms with van der Waals surface area (Å²) in [4.78, 5) is 38.4. The van der Waals surface area contributed by atoms with E-state index in [9.17, 15) is 14.4 Å². The fourth-order valence-corrected chi connectivity index (χ4v) is 5.23. The van der Waals surface area contributed by atoms with Gasteiger partial charge in [0.25, 0.3) is 5.91 Å². The van der Waals surface area contributed by atoms with Gasteiger partial charge in [0, 0.05) is 48.6 Å². The number of hydrogen-bond donors (Lipinski definition) is 2. The monoisotopic (exact) mass is 445 g/mol. The summed E-state index contributed by atoms with van der Waals surface area (Å²) in [5.74, 6) is 2.38. The first-order valence-corrected chi connectivity index (χ1v) is 11.5. The van der Waals surface area contributed by atoms with Crippen molar-refractivity contribution in [2.24, 2.45) is 5.92 Å². The molecule has 1 saturated heterocycles. The number of anilines is 1. The number of terminal acetylenes is 1. The van der Waals surface area contributed by atoms with E-state index >= 15 is 0 Å². The van der Waals surface area contributed by atoms with E-state index in [0.29, 0.717) is 30.5 Å². The zero-order valence-electron chi connectivity index (χ0n) is 18.4. The van der Waals surface area contributed by atoms with Gasteiger partial charge < -0.3 is 10.2 Å². The second kappa shape index (κ2) is 8.74. The van der Waals surface area contributed by atoms with E-state index < -0.39 is 6.04 Å². The molecular weight excluding hydrogens is 418 g/mol. The Bertz CT molecular complexity index is 1140. The molecule has 33 heavy (non-hydrogen) atoms. The topological polar surface area (TPSA) is 96.3 Å². The molecule has 2 aliphatic heterocycles. The van der Waals surface area contributed by atoms with Crippen molar-refractivity contribution in [1.82, 2.24) is 20.0 Å². The van der Waals surface area contributed by atoms with Crippen LogP contribution < -0.4 is 10.6 Å². The van der Waals surface area contributed by atoms with Gasteiger partial charge in [0.15, 0.2) is 0 Å². The van der Waals surface area contributed by atoms with E-state index in [1.807, 2.05) is 29.1 Å². The van der Waals surface area contributed by atoms with E-state index in [-0.39, 0.29) is 24.1 Å². The fraction of sp³-hybridized carbons (Fsp3) is 0.440. The smallest absolute Gasteiger partial charge is 0.255 e. The Balaban J connectivity index is 1.21. The first-order valence-electron chi connectivity index (χ1n) is 11.5. The third kappa shape index (κ3) is 4.23. The molecule has 8 heteroatoms. The van der Waals surface area contributed by atoms with Gasteiger partial charge in [-0.25, -0.2) is 0 Å². The van der Waals surface area contributed by atoms with E-state index in [0.717, 1.165) is 49.0 Å². The molecule has 1 atom stereocenters. The molecule has 2 aromatic rings. The van der Waals surface area contributed by atoms with E-state index in [1.165, 1.54) is 0 Å². The molecule has 3 heterocycles. The maximum Gasteiger partial charge on any atom is 0.255 e. The maximum atomic E-state index is 13.0. The van der Waals surface area contributed by atoms with Gasteiger partial charge in [-0.05, 0) is 50.2 Å². The first-order chi connectivity index (χ1) is 16.0. The molecule has 1 aliphatic carbocycles. The highest BCUT2D eigenvalue weighted by Gasteiger charge is 2.40. The Morgan fingerprint density at radius 1 is 1.15 bits per heavy atom. The summed E-state index contributed by atoms with van der Waals surface area (Å²) in [6.45, 7) is 1.26. The third-order valence-electron chi connectivity index (χ3n) is 7.03. The number of hydrogen-bond acceptors (Lipinski definition) is 5. The Kier molecular flexibility index (Phi) is 5.63. The van der Waals surface area contributed by atoms with Crippen LogP contribution in [0.3, 0.4) is 0 Å². The standard InChI is InChI=1S/C25H27N5O3/c1-2-16-12-26-29(13-16)14-17-6-8-18(9-7-17)27-21-5-3-4-19-20(21)15-30(25(19)33)22-10-11-23(31)28-24(22)32/h1,3-5,12-13,17-18,22,27H,6-11,14-15H2,(H,28,31,32). The highest BCUT2D eigenvalue weighted by molar-refractivity contribution is 6.06. The first kappa shape index (κ1) is 21.3. The van der Waals surface area contributed by atoms with Crippen LogP contribution in [0.25, 0.3) is 0 Å². The summed E-state index contributed by atoms with van der Waals surface area (Å²) in [7, 11) is 0. The SMILES string of the molecule is C#Cc1cnn(CC2CCC(Nc3cccc4c3CN(C3CCC(=O)NC3=O)C4=O)CC2)c1. The van der Waals surface area contributed by atoms with Gasteiger partial charge in [-0.3, -0.25) is 24.4 Å². The van der Waals surface area contributed by atoms with E-state index in [1.54, 1.807) is 11.1 Å². The molecule has 3 aliphatic rings. The van der Waals surface area contributed by atoms with Crippen molar-refractivity contribution in [2.75, 3.05) is 5.32 Å². The van der Waals surface area contributed by atoms with Crippen molar-refractivity contribution >= 4 is 23.4 Å². The van der Waals surface area contributed by atoms with Crippen LogP contribution >= 0.6 is 0 Å². The Morgan fingerprint density at radius 3 is 2.70 bits per heavy atom. The molecule has 2 fully saturated rings. The van der Waals surface area contributed by atoms with Gasteiger partial charge in [0.2, 0.25) is 11.8 Å². The minimum absolute atomic E-state index is 0.141. The van der Waals surface area contributed by atoms with Crippen LogP contribution in [0.15, 0.2) is 30.6 Å². The molecule has 1 aromatic carbocycles. The summed E-state index contributed by atoms with van der Waals surface area (Å²) in [5.41, 5.74) is 3.35. The second-order valence-electron chi connectivity index (χ2n) is 9.19. The Labute approximate surface area is 192 Å². The summed E-state index contributed by atoms with van der Waals surface area (Å²) >= 11 is 0. The minimum atomic E-state index is -0.594. The number of amides is 3. The lowest BCUT2D eigenvalue weighted by molar-refractivity contribution is -0.136. The molecule has 1 saturated carbocycles. The quantitative estimate of drug-likeness (QED) is 0.544. The van der Waals surface area contributed by atoms with Crippen LogP contribution in [-0.2, 0) is 22.7 Å². The number of carbonyl (C=O) groups is 3. The summed E-state index contributed by atoms with van der Waals surface area (Å²) in [6.07, 6.45) is 14.0. The number of carbonyl (C=O) groups excluding carboxylic acids is 3. The van der Waals surface area contributed by atoms with Crippen LogP contribution in [0, 0.1) is 18.3 Å². The molecule has 2 N–H and O–H groups in total. The van der Waals surface area contributed by atoms with Crippen LogP contribution in [0.2, 0.25) is 0 Å². The van der Waals surface area contributed by atoms with Crippen LogP contribution in [0.5, 0.6) is 0 Å². The average Bonchev–Trinajstić information content (AvgIpc) is 3.40. The Hall–Kier alpha value is -3.60. The van der Waals surface area contributed by atoms with Gasteiger partial charge in [-0.15, -0.1) is 6.42 Å². The fourth-order valence-electron chi connectivity index (χ4n) is 5.23.